The first-order valence-electron chi connectivity index (χ1n) is 5.80. The van der Waals surface area contributed by atoms with E-state index in [0.717, 1.165) is 23.3 Å². The molecule has 0 bridgehead atoms. The third-order valence-corrected chi connectivity index (χ3v) is 3.06. The van der Waals surface area contributed by atoms with Crippen LogP contribution in [0.1, 0.15) is 30.9 Å². The Bertz CT molecular complexity index is 496. The molecule has 1 aromatic carbocycles. The molecule has 1 aromatic rings. The molecule has 1 atom stereocenters. The van der Waals surface area contributed by atoms with Gasteiger partial charge in [0.05, 0.1) is 12.1 Å². The second kappa shape index (κ2) is 5.08. The number of nitrogens with zero attached hydrogens (tertiary/aromatic N) is 1. The minimum atomic E-state index is -0.844. The molecule has 18 heavy (non-hydrogen) atoms. The molecular formula is C13H15NO4. The van der Waals surface area contributed by atoms with Crippen molar-refractivity contribution < 1.29 is 19.8 Å². The smallest absolute Gasteiger partial charge is 0.307 e. The van der Waals surface area contributed by atoms with Crippen LogP contribution in [0.15, 0.2) is 23.4 Å². The normalized spacial score (nSPS) is 18.9. The van der Waals surface area contributed by atoms with E-state index in [0.29, 0.717) is 12.1 Å². The third-order valence-electron chi connectivity index (χ3n) is 3.06. The van der Waals surface area contributed by atoms with Crippen molar-refractivity contribution >= 4 is 11.7 Å². The van der Waals surface area contributed by atoms with Crippen LogP contribution in [0.25, 0.3) is 0 Å². The van der Waals surface area contributed by atoms with Gasteiger partial charge in [-0.25, -0.2) is 0 Å². The maximum absolute atomic E-state index is 10.6. The van der Waals surface area contributed by atoms with E-state index in [9.17, 15) is 4.79 Å². The lowest BCUT2D eigenvalue weighted by molar-refractivity contribution is -0.139. The molecular weight excluding hydrogens is 234 g/mol. The maximum atomic E-state index is 10.6. The van der Waals surface area contributed by atoms with Crippen molar-refractivity contribution in [3.63, 3.8) is 0 Å². The predicted molar refractivity (Wildman–Crippen MR) is 65.4 cm³/mol. The topological polar surface area (TPSA) is 79.1 Å². The second-order valence-corrected chi connectivity index (χ2v) is 4.38. The number of carbonyl (C=O) groups is 1. The van der Waals surface area contributed by atoms with E-state index in [1.807, 2.05) is 6.07 Å². The van der Waals surface area contributed by atoms with Crippen LogP contribution in [0.3, 0.4) is 0 Å². The first-order valence-corrected chi connectivity index (χ1v) is 5.80. The Morgan fingerprint density at radius 1 is 1.56 bits per heavy atom. The number of fused-ring (bicyclic) bond motifs is 1. The summed E-state index contributed by atoms with van der Waals surface area (Å²) in [6.45, 7) is 1.72. The lowest BCUT2D eigenvalue weighted by atomic mass is 9.97. The monoisotopic (exact) mass is 249 g/mol. The SMILES string of the molecule is C/C(=N/O)c1ccc2c(c1)CCC(CC(=O)O)O2. The van der Waals surface area contributed by atoms with Gasteiger partial charge in [-0.1, -0.05) is 5.16 Å². The van der Waals surface area contributed by atoms with Crippen molar-refractivity contribution in [3.8, 4) is 5.75 Å². The Morgan fingerprint density at radius 3 is 3.00 bits per heavy atom. The molecule has 2 rings (SSSR count). The van der Waals surface area contributed by atoms with Gasteiger partial charge in [0.15, 0.2) is 0 Å². The lowest BCUT2D eigenvalue weighted by Gasteiger charge is -2.25. The van der Waals surface area contributed by atoms with E-state index in [4.69, 9.17) is 15.1 Å². The quantitative estimate of drug-likeness (QED) is 0.488. The molecule has 0 aliphatic carbocycles. The number of benzene rings is 1. The molecule has 1 unspecified atom stereocenters. The zero-order valence-corrected chi connectivity index (χ0v) is 10.1. The molecule has 0 saturated heterocycles. The predicted octanol–water partition coefficient (Wildman–Crippen LogP) is 2.05. The van der Waals surface area contributed by atoms with E-state index in [2.05, 4.69) is 5.16 Å². The fraction of sp³-hybridized carbons (Fsp3) is 0.385. The van der Waals surface area contributed by atoms with Crippen molar-refractivity contribution in [1.82, 2.24) is 0 Å². The number of rotatable bonds is 3. The van der Waals surface area contributed by atoms with Crippen LogP contribution in [0.2, 0.25) is 0 Å². The van der Waals surface area contributed by atoms with Gasteiger partial charge in [-0.3, -0.25) is 4.79 Å². The number of hydrogen-bond donors (Lipinski definition) is 2. The highest BCUT2D eigenvalue weighted by Crippen LogP contribution is 2.29. The minimum Gasteiger partial charge on any atom is -0.490 e. The number of carboxylic acids is 1. The molecule has 0 radical (unpaired) electrons. The summed E-state index contributed by atoms with van der Waals surface area (Å²) in [5, 5.41) is 20.6. The van der Waals surface area contributed by atoms with Crippen LogP contribution in [0.4, 0.5) is 0 Å². The van der Waals surface area contributed by atoms with Gasteiger partial charge in [-0.15, -0.1) is 0 Å². The third kappa shape index (κ3) is 2.61. The largest absolute Gasteiger partial charge is 0.490 e. The molecule has 0 amide bonds. The van der Waals surface area contributed by atoms with Gasteiger partial charge in [-0.2, -0.15) is 0 Å². The highest BCUT2D eigenvalue weighted by Gasteiger charge is 2.22. The number of carboxylic acid groups (broad SMARTS) is 1. The molecule has 2 N–H and O–H groups in total. The van der Waals surface area contributed by atoms with E-state index in [-0.39, 0.29) is 12.5 Å². The van der Waals surface area contributed by atoms with Gasteiger partial charge in [-0.05, 0) is 49.1 Å². The minimum absolute atomic E-state index is 0.0261. The van der Waals surface area contributed by atoms with Crippen LogP contribution in [0, 0.1) is 0 Å². The maximum Gasteiger partial charge on any atom is 0.307 e. The number of aryl methyl sites for hydroxylation is 1. The molecule has 5 nitrogen and oxygen atoms in total. The van der Waals surface area contributed by atoms with Crippen LogP contribution in [0.5, 0.6) is 5.75 Å². The average molecular weight is 249 g/mol. The molecule has 0 spiro atoms. The molecule has 1 aliphatic heterocycles. The fourth-order valence-electron chi connectivity index (χ4n) is 2.07. The number of oxime groups is 1. The van der Waals surface area contributed by atoms with E-state index >= 15 is 0 Å². The van der Waals surface area contributed by atoms with Crippen molar-refractivity contribution in [2.45, 2.75) is 32.3 Å². The van der Waals surface area contributed by atoms with Gasteiger partial charge < -0.3 is 15.1 Å². The van der Waals surface area contributed by atoms with Crippen molar-refractivity contribution in [2.75, 3.05) is 0 Å². The summed E-state index contributed by atoms with van der Waals surface area (Å²) in [5.74, 6) is -0.120. The van der Waals surface area contributed by atoms with Crippen molar-refractivity contribution in [1.29, 1.82) is 0 Å². The first kappa shape index (κ1) is 12.4. The zero-order chi connectivity index (χ0) is 13.1. The summed E-state index contributed by atoms with van der Waals surface area (Å²) >= 11 is 0. The molecule has 1 heterocycles. The number of hydrogen-bond acceptors (Lipinski definition) is 4. The van der Waals surface area contributed by atoms with Crippen LogP contribution < -0.4 is 4.74 Å². The van der Waals surface area contributed by atoms with E-state index in [1.165, 1.54) is 0 Å². The molecule has 0 saturated carbocycles. The van der Waals surface area contributed by atoms with Crippen LogP contribution >= 0.6 is 0 Å². The van der Waals surface area contributed by atoms with Crippen LogP contribution in [-0.4, -0.2) is 28.1 Å². The molecule has 0 aromatic heterocycles. The van der Waals surface area contributed by atoms with Crippen LogP contribution in [-0.2, 0) is 11.2 Å². The summed E-state index contributed by atoms with van der Waals surface area (Å²) in [7, 11) is 0. The summed E-state index contributed by atoms with van der Waals surface area (Å²) in [6.07, 6.45) is 1.24. The van der Waals surface area contributed by atoms with Gasteiger partial charge in [0.1, 0.15) is 11.9 Å². The number of ether oxygens (including phenoxy) is 1. The number of aliphatic carboxylic acids is 1. The molecule has 5 heteroatoms. The Kier molecular flexibility index (Phi) is 3.50. The summed E-state index contributed by atoms with van der Waals surface area (Å²) in [4.78, 5) is 10.6. The fourth-order valence-corrected chi connectivity index (χ4v) is 2.07. The zero-order valence-electron chi connectivity index (χ0n) is 10.1. The van der Waals surface area contributed by atoms with Gasteiger partial charge in [0.25, 0.3) is 0 Å². The summed E-state index contributed by atoms with van der Waals surface area (Å²) < 4.78 is 5.63. The molecule has 96 valence electrons. The van der Waals surface area contributed by atoms with Gasteiger partial charge >= 0.3 is 5.97 Å². The van der Waals surface area contributed by atoms with Crippen molar-refractivity contribution in [2.24, 2.45) is 5.16 Å². The Morgan fingerprint density at radius 2 is 2.33 bits per heavy atom. The Hall–Kier alpha value is -2.04. The summed E-state index contributed by atoms with van der Waals surface area (Å²) in [5.41, 5.74) is 2.42. The Labute approximate surface area is 105 Å². The molecule has 1 aliphatic rings. The standard InChI is InChI=1S/C13H15NO4/c1-8(14-17)9-3-5-12-10(6-9)2-4-11(18-12)7-13(15)16/h3,5-6,11,17H,2,4,7H2,1H3,(H,15,16)/b14-8-. The first-order chi connectivity index (χ1) is 8.60. The molecule has 0 fully saturated rings. The average Bonchev–Trinajstić information content (AvgIpc) is 2.36. The van der Waals surface area contributed by atoms with Crippen molar-refractivity contribution in [3.05, 3.63) is 29.3 Å². The summed E-state index contributed by atoms with van der Waals surface area (Å²) in [6, 6.07) is 5.52. The van der Waals surface area contributed by atoms with Gasteiger partial charge in [0, 0.05) is 0 Å². The Balaban J connectivity index is 2.18. The van der Waals surface area contributed by atoms with E-state index in [1.54, 1.807) is 19.1 Å². The highest BCUT2D eigenvalue weighted by atomic mass is 16.5. The van der Waals surface area contributed by atoms with Gasteiger partial charge in [0.2, 0.25) is 0 Å². The lowest BCUT2D eigenvalue weighted by Crippen LogP contribution is -2.25. The second-order valence-electron chi connectivity index (χ2n) is 4.38. The van der Waals surface area contributed by atoms with E-state index < -0.39 is 5.97 Å². The highest BCUT2D eigenvalue weighted by molar-refractivity contribution is 5.98.